The van der Waals surface area contributed by atoms with Gasteiger partial charge in [0.1, 0.15) is 12.4 Å². The molecule has 0 unspecified atom stereocenters. The van der Waals surface area contributed by atoms with E-state index < -0.39 is 0 Å². The fraction of sp³-hybridized carbons (Fsp3) is 0.278. The summed E-state index contributed by atoms with van der Waals surface area (Å²) in [5, 5.41) is 3.20. The van der Waals surface area contributed by atoms with Crippen LogP contribution in [0.1, 0.15) is 23.0 Å². The van der Waals surface area contributed by atoms with Gasteiger partial charge in [0.25, 0.3) is 0 Å². The predicted molar refractivity (Wildman–Crippen MR) is 95.4 cm³/mol. The molecule has 0 amide bonds. The van der Waals surface area contributed by atoms with E-state index in [0.717, 1.165) is 17.5 Å². The number of ketones is 1. The molecule has 6 heteroatoms. The van der Waals surface area contributed by atoms with Gasteiger partial charge in [-0.25, -0.2) is 0 Å². The summed E-state index contributed by atoms with van der Waals surface area (Å²) in [6, 6.07) is 12.8. The average molecular weight is 344 g/mol. The quantitative estimate of drug-likeness (QED) is 0.557. The molecule has 0 spiro atoms. The summed E-state index contributed by atoms with van der Waals surface area (Å²) < 4.78 is 5.62. The Hall–Kier alpha value is -2.18. The van der Waals surface area contributed by atoms with E-state index in [1.54, 1.807) is 30.5 Å². The van der Waals surface area contributed by atoms with Gasteiger partial charge in [0.2, 0.25) is 0 Å². The van der Waals surface area contributed by atoms with Crippen molar-refractivity contribution in [3.05, 3.63) is 59.9 Å². The van der Waals surface area contributed by atoms with Crippen molar-refractivity contribution in [3.8, 4) is 5.75 Å². The lowest BCUT2D eigenvalue weighted by atomic mass is 10.1. The SMILES string of the molecule is CC(=O)SCC(=O)c1ccc(OCCNCc2ccccn2)cc1. The van der Waals surface area contributed by atoms with Crippen LogP contribution in [0, 0.1) is 0 Å². The van der Waals surface area contributed by atoms with Gasteiger partial charge in [0, 0.05) is 31.8 Å². The summed E-state index contributed by atoms with van der Waals surface area (Å²) in [4.78, 5) is 27.0. The molecule has 126 valence electrons. The fourth-order valence-corrected chi connectivity index (χ4v) is 2.45. The van der Waals surface area contributed by atoms with Crippen LogP contribution >= 0.6 is 11.8 Å². The Morgan fingerprint density at radius 2 is 1.96 bits per heavy atom. The highest BCUT2D eigenvalue weighted by Gasteiger charge is 2.07. The van der Waals surface area contributed by atoms with Crippen LogP contribution in [-0.4, -0.2) is 34.8 Å². The third-order valence-corrected chi connectivity index (χ3v) is 3.98. The second-order valence-electron chi connectivity index (χ2n) is 5.07. The first-order chi connectivity index (χ1) is 11.6. The van der Waals surface area contributed by atoms with Crippen LogP contribution in [0.5, 0.6) is 5.75 Å². The van der Waals surface area contributed by atoms with Gasteiger partial charge < -0.3 is 10.1 Å². The van der Waals surface area contributed by atoms with E-state index in [2.05, 4.69) is 10.3 Å². The van der Waals surface area contributed by atoms with Crippen LogP contribution in [0.25, 0.3) is 0 Å². The van der Waals surface area contributed by atoms with Crippen LogP contribution in [0.3, 0.4) is 0 Å². The van der Waals surface area contributed by atoms with Crippen LogP contribution in [0.4, 0.5) is 0 Å². The van der Waals surface area contributed by atoms with Crippen LogP contribution in [0.15, 0.2) is 48.7 Å². The molecule has 5 nitrogen and oxygen atoms in total. The second kappa shape index (κ2) is 9.85. The zero-order valence-electron chi connectivity index (χ0n) is 13.5. The minimum absolute atomic E-state index is 0.0542. The Balaban J connectivity index is 1.68. The number of benzene rings is 1. The fourth-order valence-electron chi connectivity index (χ4n) is 1.95. The van der Waals surface area contributed by atoms with Crippen LogP contribution < -0.4 is 10.1 Å². The number of rotatable bonds is 9. The lowest BCUT2D eigenvalue weighted by Gasteiger charge is -2.08. The number of aromatic nitrogens is 1. The van der Waals surface area contributed by atoms with Crippen molar-refractivity contribution in [1.82, 2.24) is 10.3 Å². The van der Waals surface area contributed by atoms with Gasteiger partial charge in [-0.2, -0.15) is 0 Å². The average Bonchev–Trinajstić information content (AvgIpc) is 2.61. The molecular weight excluding hydrogens is 324 g/mol. The van der Waals surface area contributed by atoms with E-state index >= 15 is 0 Å². The van der Waals surface area contributed by atoms with E-state index in [9.17, 15) is 9.59 Å². The molecule has 0 saturated heterocycles. The maximum atomic E-state index is 11.9. The summed E-state index contributed by atoms with van der Waals surface area (Å²) in [5.74, 6) is 0.830. The van der Waals surface area contributed by atoms with Crippen molar-refractivity contribution in [2.45, 2.75) is 13.5 Å². The third-order valence-electron chi connectivity index (χ3n) is 3.16. The zero-order valence-corrected chi connectivity index (χ0v) is 14.3. The van der Waals surface area contributed by atoms with Gasteiger partial charge >= 0.3 is 0 Å². The van der Waals surface area contributed by atoms with Gasteiger partial charge in [-0.3, -0.25) is 14.6 Å². The molecule has 24 heavy (non-hydrogen) atoms. The Bertz CT molecular complexity index is 660. The Labute approximate surface area is 145 Å². The van der Waals surface area contributed by atoms with Crippen LogP contribution in [0.2, 0.25) is 0 Å². The summed E-state index contributed by atoms with van der Waals surface area (Å²) in [7, 11) is 0. The molecule has 1 N–H and O–H groups in total. The van der Waals surface area contributed by atoms with E-state index in [4.69, 9.17) is 4.74 Å². The smallest absolute Gasteiger partial charge is 0.186 e. The van der Waals surface area contributed by atoms with Crippen LogP contribution in [-0.2, 0) is 11.3 Å². The number of hydrogen-bond donors (Lipinski definition) is 1. The molecule has 1 aromatic carbocycles. The number of carbonyl (C=O) groups is 2. The molecule has 2 rings (SSSR count). The number of nitrogens with zero attached hydrogens (tertiary/aromatic N) is 1. The monoisotopic (exact) mass is 344 g/mol. The number of pyridine rings is 1. The van der Waals surface area contributed by atoms with Crippen molar-refractivity contribution in [2.24, 2.45) is 0 Å². The minimum atomic E-state index is -0.0567. The van der Waals surface area contributed by atoms with Gasteiger partial charge in [-0.15, -0.1) is 0 Å². The first-order valence-corrected chi connectivity index (χ1v) is 8.64. The molecule has 1 heterocycles. The highest BCUT2D eigenvalue weighted by atomic mass is 32.2. The number of thioether (sulfide) groups is 1. The normalized spacial score (nSPS) is 10.4. The summed E-state index contributed by atoms with van der Waals surface area (Å²) in [5.41, 5.74) is 1.58. The molecule has 0 bridgehead atoms. The van der Waals surface area contributed by atoms with Crippen molar-refractivity contribution in [2.75, 3.05) is 18.9 Å². The maximum Gasteiger partial charge on any atom is 0.186 e. The second-order valence-corrected chi connectivity index (χ2v) is 6.23. The van der Waals surface area contributed by atoms with Crippen molar-refractivity contribution < 1.29 is 14.3 Å². The molecule has 0 fully saturated rings. The molecule has 0 saturated carbocycles. The number of nitrogens with one attached hydrogen (secondary N) is 1. The van der Waals surface area contributed by atoms with Crippen molar-refractivity contribution in [3.63, 3.8) is 0 Å². The molecular formula is C18H20N2O3S. The summed E-state index contributed by atoms with van der Waals surface area (Å²) in [6.45, 7) is 3.38. The topological polar surface area (TPSA) is 68.3 Å². The first-order valence-electron chi connectivity index (χ1n) is 7.65. The predicted octanol–water partition coefficient (Wildman–Crippen LogP) is 2.71. The number of carbonyl (C=O) groups excluding carboxylic acids is 2. The lowest BCUT2D eigenvalue weighted by Crippen LogP contribution is -2.21. The molecule has 0 atom stereocenters. The highest BCUT2D eigenvalue weighted by molar-refractivity contribution is 8.14. The Morgan fingerprint density at radius 3 is 2.62 bits per heavy atom. The number of ether oxygens (including phenoxy) is 1. The van der Waals surface area contributed by atoms with E-state index in [-0.39, 0.29) is 16.7 Å². The summed E-state index contributed by atoms with van der Waals surface area (Å²) in [6.07, 6.45) is 1.77. The lowest BCUT2D eigenvalue weighted by molar-refractivity contribution is -0.109. The Morgan fingerprint density at radius 1 is 1.17 bits per heavy atom. The van der Waals surface area contributed by atoms with Crippen molar-refractivity contribution in [1.29, 1.82) is 0 Å². The molecule has 0 aliphatic rings. The Kier molecular flexibility index (Phi) is 7.45. The third kappa shape index (κ3) is 6.52. The molecule has 2 aromatic rings. The van der Waals surface area contributed by atoms with Crippen molar-refractivity contribution >= 4 is 22.7 Å². The first kappa shape index (κ1) is 18.2. The van der Waals surface area contributed by atoms with Gasteiger partial charge in [0.05, 0.1) is 11.4 Å². The number of hydrogen-bond acceptors (Lipinski definition) is 6. The molecule has 0 radical (unpaired) electrons. The van der Waals surface area contributed by atoms with Gasteiger partial charge in [-0.1, -0.05) is 17.8 Å². The zero-order chi connectivity index (χ0) is 17.2. The standard InChI is InChI=1S/C18H20N2O3S/c1-14(21)24-13-18(22)15-5-7-17(8-6-15)23-11-10-19-12-16-4-2-3-9-20-16/h2-9,19H,10-13H2,1H3. The van der Waals surface area contributed by atoms with E-state index in [1.165, 1.54) is 6.92 Å². The highest BCUT2D eigenvalue weighted by Crippen LogP contribution is 2.14. The van der Waals surface area contributed by atoms with E-state index in [1.807, 2.05) is 18.2 Å². The molecule has 0 aliphatic heterocycles. The summed E-state index contributed by atoms with van der Waals surface area (Å²) >= 11 is 1.02. The molecule has 1 aromatic heterocycles. The number of Topliss-reactive ketones (excluding diaryl/α,β-unsaturated/α-hetero) is 1. The minimum Gasteiger partial charge on any atom is -0.492 e. The van der Waals surface area contributed by atoms with Gasteiger partial charge in [-0.05, 0) is 36.4 Å². The molecule has 0 aliphatic carbocycles. The van der Waals surface area contributed by atoms with Gasteiger partial charge in [0.15, 0.2) is 10.9 Å². The largest absolute Gasteiger partial charge is 0.492 e. The maximum absolute atomic E-state index is 11.9. The van der Waals surface area contributed by atoms with E-state index in [0.29, 0.717) is 31.0 Å².